The Labute approximate surface area is 133 Å². The number of carbonyl (C=O) groups excluding carboxylic acids is 1. The van der Waals surface area contributed by atoms with Gasteiger partial charge in [0.25, 0.3) is 0 Å². The number of hydrogen-bond acceptors (Lipinski definition) is 1. The van der Waals surface area contributed by atoms with Gasteiger partial charge in [0.05, 0.1) is 0 Å². The molecule has 0 spiro atoms. The quantitative estimate of drug-likeness (QED) is 0.860. The number of carbonyl (C=O) groups is 1. The van der Waals surface area contributed by atoms with Crippen LogP contribution in [0.15, 0.2) is 54.7 Å². The number of nitrogens with one attached hydrogen (secondary N) is 2. The lowest BCUT2D eigenvalue weighted by molar-refractivity contribution is 0.244. The van der Waals surface area contributed by atoms with Gasteiger partial charge in [0.1, 0.15) is 5.82 Å². The molecule has 3 nitrogen and oxygen atoms in total. The summed E-state index contributed by atoms with van der Waals surface area (Å²) in [7, 11) is 0. The third-order valence-corrected chi connectivity index (χ3v) is 3.21. The molecule has 2 aromatic rings. The van der Waals surface area contributed by atoms with Gasteiger partial charge in [-0.2, -0.15) is 0 Å². The fourth-order valence-electron chi connectivity index (χ4n) is 1.88. The van der Waals surface area contributed by atoms with E-state index in [-0.39, 0.29) is 11.8 Å². The van der Waals surface area contributed by atoms with Gasteiger partial charge < -0.3 is 10.6 Å². The van der Waals surface area contributed by atoms with Crippen molar-refractivity contribution in [3.63, 3.8) is 0 Å². The maximum atomic E-state index is 13.3. The molecule has 2 N–H and O–H groups in total. The molecule has 0 saturated heterocycles. The van der Waals surface area contributed by atoms with Crippen LogP contribution in [0.3, 0.4) is 0 Å². The van der Waals surface area contributed by atoms with Crippen LogP contribution >= 0.6 is 11.6 Å². The Morgan fingerprint density at radius 2 is 2.00 bits per heavy atom. The van der Waals surface area contributed by atoms with Crippen LogP contribution in [-0.4, -0.2) is 12.6 Å². The molecule has 5 heteroatoms. The molecule has 22 heavy (non-hydrogen) atoms. The molecular weight excluding hydrogens is 303 g/mol. The molecule has 0 aliphatic carbocycles. The number of benzene rings is 2. The molecule has 0 aliphatic rings. The normalized spacial score (nSPS) is 10.6. The van der Waals surface area contributed by atoms with E-state index in [1.807, 2.05) is 18.2 Å². The van der Waals surface area contributed by atoms with E-state index < -0.39 is 0 Å². The van der Waals surface area contributed by atoms with Crippen molar-refractivity contribution in [2.45, 2.75) is 6.42 Å². The molecule has 0 aromatic heterocycles. The van der Waals surface area contributed by atoms with Gasteiger partial charge in [0, 0.05) is 23.3 Å². The van der Waals surface area contributed by atoms with Gasteiger partial charge in [-0.25, -0.2) is 9.18 Å². The van der Waals surface area contributed by atoms with Crippen molar-refractivity contribution in [3.8, 4) is 0 Å². The number of urea groups is 1. The average Bonchev–Trinajstić information content (AvgIpc) is 2.49. The smallest absolute Gasteiger partial charge is 0.318 e. The van der Waals surface area contributed by atoms with E-state index >= 15 is 0 Å². The lowest BCUT2D eigenvalue weighted by Gasteiger charge is -2.05. The summed E-state index contributed by atoms with van der Waals surface area (Å²) in [5, 5.41) is 5.92. The van der Waals surface area contributed by atoms with Crippen molar-refractivity contribution in [1.82, 2.24) is 10.6 Å². The average molecular weight is 319 g/mol. The highest BCUT2D eigenvalue weighted by Crippen LogP contribution is 2.10. The van der Waals surface area contributed by atoms with Crippen molar-refractivity contribution < 1.29 is 9.18 Å². The van der Waals surface area contributed by atoms with Crippen LogP contribution in [0.1, 0.15) is 11.1 Å². The maximum absolute atomic E-state index is 13.3. The molecular formula is C17H16ClFN2O. The molecule has 0 bridgehead atoms. The Morgan fingerprint density at radius 1 is 1.18 bits per heavy atom. The summed E-state index contributed by atoms with van der Waals surface area (Å²) in [5.74, 6) is -0.332. The molecule has 0 heterocycles. The molecule has 2 aromatic carbocycles. The highest BCUT2D eigenvalue weighted by molar-refractivity contribution is 6.30. The summed E-state index contributed by atoms with van der Waals surface area (Å²) in [6.07, 6.45) is 3.60. The SMILES string of the molecule is O=C(N/C=C/c1ccccc1F)NCCc1cccc(Cl)c1. The zero-order valence-corrected chi connectivity index (χ0v) is 12.6. The van der Waals surface area contributed by atoms with Gasteiger partial charge >= 0.3 is 6.03 Å². The summed E-state index contributed by atoms with van der Waals surface area (Å²) in [6.45, 7) is 0.486. The van der Waals surface area contributed by atoms with Crippen LogP contribution in [0.25, 0.3) is 6.08 Å². The van der Waals surface area contributed by atoms with Crippen LogP contribution in [0, 0.1) is 5.82 Å². The van der Waals surface area contributed by atoms with Gasteiger partial charge in [-0.15, -0.1) is 0 Å². The van der Waals surface area contributed by atoms with Gasteiger partial charge in [-0.1, -0.05) is 41.9 Å². The van der Waals surface area contributed by atoms with Crippen molar-refractivity contribution in [3.05, 3.63) is 76.7 Å². The first-order valence-corrected chi connectivity index (χ1v) is 7.23. The van der Waals surface area contributed by atoms with Crippen molar-refractivity contribution in [2.24, 2.45) is 0 Å². The van der Waals surface area contributed by atoms with Crippen molar-refractivity contribution >= 4 is 23.7 Å². The summed E-state index contributed by atoms with van der Waals surface area (Å²) >= 11 is 5.89. The molecule has 0 atom stereocenters. The molecule has 114 valence electrons. The lowest BCUT2D eigenvalue weighted by atomic mass is 10.1. The minimum atomic E-state index is -0.338. The fraction of sp³-hybridized carbons (Fsp3) is 0.118. The highest BCUT2D eigenvalue weighted by atomic mass is 35.5. The number of amides is 2. The molecule has 0 saturated carbocycles. The summed E-state index contributed by atoms with van der Waals surface area (Å²) in [4.78, 5) is 11.6. The maximum Gasteiger partial charge on any atom is 0.318 e. The second-order valence-electron chi connectivity index (χ2n) is 4.64. The Bertz CT molecular complexity index is 673. The first kappa shape index (κ1) is 16.0. The van der Waals surface area contributed by atoms with Gasteiger partial charge in [-0.05, 0) is 36.3 Å². The Kier molecular flexibility index (Phi) is 5.98. The van der Waals surface area contributed by atoms with Gasteiger partial charge in [-0.3, -0.25) is 0 Å². The lowest BCUT2D eigenvalue weighted by Crippen LogP contribution is -2.33. The predicted molar refractivity (Wildman–Crippen MR) is 87.1 cm³/mol. The third-order valence-electron chi connectivity index (χ3n) is 2.97. The van der Waals surface area contributed by atoms with Crippen molar-refractivity contribution in [1.29, 1.82) is 0 Å². The molecule has 0 unspecified atom stereocenters. The summed E-state index contributed by atoms with van der Waals surface area (Å²) in [5.41, 5.74) is 1.47. The second kappa shape index (κ2) is 8.20. The number of rotatable bonds is 5. The molecule has 0 aliphatic heterocycles. The first-order chi connectivity index (χ1) is 10.6. The van der Waals surface area contributed by atoms with E-state index in [1.165, 1.54) is 18.3 Å². The van der Waals surface area contributed by atoms with Crippen LogP contribution in [0.2, 0.25) is 5.02 Å². The Balaban J connectivity index is 1.73. The van der Waals surface area contributed by atoms with Crippen molar-refractivity contribution in [2.75, 3.05) is 6.54 Å². The van der Waals surface area contributed by atoms with Crippen LogP contribution < -0.4 is 10.6 Å². The molecule has 2 amide bonds. The van der Waals surface area contributed by atoms with E-state index in [0.717, 1.165) is 5.56 Å². The second-order valence-corrected chi connectivity index (χ2v) is 5.07. The molecule has 0 fully saturated rings. The van der Waals surface area contributed by atoms with E-state index in [0.29, 0.717) is 23.6 Å². The highest BCUT2D eigenvalue weighted by Gasteiger charge is 1.99. The monoisotopic (exact) mass is 318 g/mol. The van der Waals surface area contributed by atoms with E-state index in [1.54, 1.807) is 24.3 Å². The largest absolute Gasteiger partial charge is 0.338 e. The number of hydrogen-bond donors (Lipinski definition) is 2. The van der Waals surface area contributed by atoms with Gasteiger partial charge in [0.2, 0.25) is 0 Å². The van der Waals surface area contributed by atoms with Crippen LogP contribution in [0.5, 0.6) is 0 Å². The predicted octanol–water partition coefficient (Wildman–Crippen LogP) is 3.99. The minimum Gasteiger partial charge on any atom is -0.338 e. The van der Waals surface area contributed by atoms with E-state index in [9.17, 15) is 9.18 Å². The van der Waals surface area contributed by atoms with Crippen LogP contribution in [0.4, 0.5) is 9.18 Å². The minimum absolute atomic E-state index is 0.332. The molecule has 0 radical (unpaired) electrons. The topological polar surface area (TPSA) is 41.1 Å². The number of halogens is 2. The van der Waals surface area contributed by atoms with E-state index in [4.69, 9.17) is 11.6 Å². The Hall–Kier alpha value is -2.33. The standard InChI is InChI=1S/C17H16ClFN2O/c18-15-6-3-4-13(12-15)8-10-20-17(22)21-11-9-14-5-1-2-7-16(14)19/h1-7,9,11-12H,8,10H2,(H2,20,21,22)/b11-9+. The van der Waals surface area contributed by atoms with E-state index in [2.05, 4.69) is 10.6 Å². The van der Waals surface area contributed by atoms with Gasteiger partial charge in [0.15, 0.2) is 0 Å². The first-order valence-electron chi connectivity index (χ1n) is 6.85. The summed E-state index contributed by atoms with van der Waals surface area (Å²) < 4.78 is 13.3. The molecule has 2 rings (SSSR count). The fourth-order valence-corrected chi connectivity index (χ4v) is 2.09. The van der Waals surface area contributed by atoms with Crippen LogP contribution in [-0.2, 0) is 6.42 Å². The Morgan fingerprint density at radius 3 is 2.77 bits per heavy atom. The third kappa shape index (κ3) is 5.22. The zero-order chi connectivity index (χ0) is 15.8. The zero-order valence-electron chi connectivity index (χ0n) is 11.9. The summed E-state index contributed by atoms with van der Waals surface area (Å²) in [6, 6.07) is 13.5.